The fourth-order valence-corrected chi connectivity index (χ4v) is 3.63. The summed E-state index contributed by atoms with van der Waals surface area (Å²) in [6, 6.07) is 10.0. The molecule has 1 aliphatic rings. The molecule has 2 amide bonds. The third-order valence-electron chi connectivity index (χ3n) is 4.21. The number of aromatic nitrogens is 1. The molecular formula is C18H23N3O2S. The Hall–Kier alpha value is -1.92. The van der Waals surface area contributed by atoms with Gasteiger partial charge in [-0.3, -0.25) is 0 Å². The van der Waals surface area contributed by atoms with Crippen molar-refractivity contribution in [1.82, 2.24) is 15.2 Å². The molecule has 128 valence electrons. The average Bonchev–Trinajstić information content (AvgIpc) is 3.10. The molecule has 6 heteroatoms. The van der Waals surface area contributed by atoms with Gasteiger partial charge in [-0.15, -0.1) is 11.3 Å². The summed E-state index contributed by atoms with van der Waals surface area (Å²) in [6.07, 6.45) is 2.06. The van der Waals surface area contributed by atoms with Gasteiger partial charge in [0.15, 0.2) is 0 Å². The van der Waals surface area contributed by atoms with Crippen LogP contribution in [0.4, 0.5) is 4.79 Å². The number of ether oxygens (including phenoxy) is 1. The predicted octanol–water partition coefficient (Wildman–Crippen LogP) is 3.38. The van der Waals surface area contributed by atoms with Crippen molar-refractivity contribution in [2.45, 2.75) is 19.4 Å². The van der Waals surface area contributed by atoms with Gasteiger partial charge >= 0.3 is 6.03 Å². The van der Waals surface area contributed by atoms with Crippen LogP contribution in [-0.2, 0) is 11.3 Å². The maximum atomic E-state index is 12.2. The third kappa shape index (κ3) is 4.55. The van der Waals surface area contributed by atoms with Crippen LogP contribution in [0.5, 0.6) is 0 Å². The minimum atomic E-state index is -0.0456. The minimum absolute atomic E-state index is 0.0456. The molecule has 1 fully saturated rings. The molecule has 0 unspecified atom stereocenters. The second kappa shape index (κ2) is 8.26. The largest absolute Gasteiger partial charge is 0.381 e. The van der Waals surface area contributed by atoms with E-state index in [9.17, 15) is 4.79 Å². The van der Waals surface area contributed by atoms with Crippen molar-refractivity contribution >= 4 is 17.4 Å². The molecule has 0 bridgehead atoms. The first-order valence-corrected chi connectivity index (χ1v) is 9.17. The molecule has 2 aromatic rings. The second-order valence-corrected chi connectivity index (χ2v) is 6.96. The maximum absolute atomic E-state index is 12.2. The molecule has 1 saturated heterocycles. The Morgan fingerprint density at radius 1 is 1.33 bits per heavy atom. The predicted molar refractivity (Wildman–Crippen MR) is 96.0 cm³/mol. The van der Waals surface area contributed by atoms with Crippen molar-refractivity contribution in [3.8, 4) is 10.6 Å². The van der Waals surface area contributed by atoms with Gasteiger partial charge in [0, 0.05) is 37.7 Å². The van der Waals surface area contributed by atoms with Gasteiger partial charge in [-0.05, 0) is 18.8 Å². The van der Waals surface area contributed by atoms with Gasteiger partial charge in [-0.25, -0.2) is 9.78 Å². The Morgan fingerprint density at radius 3 is 2.83 bits per heavy atom. The first-order valence-electron chi connectivity index (χ1n) is 8.29. The SMILES string of the molecule is CN(CC1CCOCC1)C(=O)NCc1csc(-c2ccccc2)n1. The minimum Gasteiger partial charge on any atom is -0.381 e. The molecule has 0 aliphatic carbocycles. The lowest BCUT2D eigenvalue weighted by Gasteiger charge is -2.27. The highest BCUT2D eigenvalue weighted by Gasteiger charge is 2.18. The van der Waals surface area contributed by atoms with Crippen LogP contribution in [0.3, 0.4) is 0 Å². The van der Waals surface area contributed by atoms with E-state index in [1.54, 1.807) is 16.2 Å². The van der Waals surface area contributed by atoms with E-state index in [0.29, 0.717) is 12.5 Å². The van der Waals surface area contributed by atoms with Crippen molar-refractivity contribution in [2.75, 3.05) is 26.8 Å². The lowest BCUT2D eigenvalue weighted by Crippen LogP contribution is -2.40. The quantitative estimate of drug-likeness (QED) is 0.904. The Morgan fingerprint density at radius 2 is 2.08 bits per heavy atom. The summed E-state index contributed by atoms with van der Waals surface area (Å²) in [5.74, 6) is 0.540. The fraction of sp³-hybridized carbons (Fsp3) is 0.444. The first-order chi connectivity index (χ1) is 11.7. The number of urea groups is 1. The molecule has 2 heterocycles. The smallest absolute Gasteiger partial charge is 0.317 e. The highest BCUT2D eigenvalue weighted by molar-refractivity contribution is 7.13. The number of benzene rings is 1. The lowest BCUT2D eigenvalue weighted by molar-refractivity contribution is 0.0586. The third-order valence-corrected chi connectivity index (χ3v) is 5.15. The van der Waals surface area contributed by atoms with E-state index in [-0.39, 0.29) is 6.03 Å². The van der Waals surface area contributed by atoms with Crippen LogP contribution in [0.1, 0.15) is 18.5 Å². The molecule has 1 N–H and O–H groups in total. The van der Waals surface area contributed by atoms with E-state index in [2.05, 4.69) is 10.3 Å². The molecule has 1 aliphatic heterocycles. The summed E-state index contributed by atoms with van der Waals surface area (Å²) >= 11 is 1.60. The Bertz CT molecular complexity index is 653. The standard InChI is InChI=1S/C18H23N3O2S/c1-21(12-14-7-9-23-10-8-14)18(22)19-11-16-13-24-17(20-16)15-5-3-2-4-6-15/h2-6,13-14H,7-12H2,1H3,(H,19,22). The second-order valence-electron chi connectivity index (χ2n) is 6.10. The van der Waals surface area contributed by atoms with Crippen molar-refractivity contribution in [3.63, 3.8) is 0 Å². The summed E-state index contributed by atoms with van der Waals surface area (Å²) in [6.45, 7) is 2.85. The molecule has 1 aromatic heterocycles. The number of carbonyl (C=O) groups excluding carboxylic acids is 1. The fourth-order valence-electron chi connectivity index (χ4n) is 2.80. The zero-order chi connectivity index (χ0) is 16.8. The van der Waals surface area contributed by atoms with Crippen LogP contribution in [0.2, 0.25) is 0 Å². The van der Waals surface area contributed by atoms with Crippen molar-refractivity contribution in [1.29, 1.82) is 0 Å². The van der Waals surface area contributed by atoms with Gasteiger partial charge in [-0.2, -0.15) is 0 Å². The number of thiazole rings is 1. The Kier molecular flexibility index (Phi) is 5.82. The van der Waals surface area contributed by atoms with Crippen molar-refractivity contribution in [3.05, 3.63) is 41.4 Å². The lowest BCUT2D eigenvalue weighted by atomic mass is 10.0. The van der Waals surface area contributed by atoms with Gasteiger partial charge in [0.1, 0.15) is 5.01 Å². The zero-order valence-corrected chi connectivity index (χ0v) is 14.7. The molecule has 0 saturated carbocycles. The molecule has 24 heavy (non-hydrogen) atoms. The number of nitrogens with zero attached hydrogens (tertiary/aromatic N) is 2. The number of nitrogens with one attached hydrogen (secondary N) is 1. The summed E-state index contributed by atoms with van der Waals surface area (Å²) in [4.78, 5) is 18.6. The summed E-state index contributed by atoms with van der Waals surface area (Å²) < 4.78 is 5.36. The number of carbonyl (C=O) groups is 1. The van der Waals surface area contributed by atoms with Gasteiger partial charge in [0.2, 0.25) is 0 Å². The number of hydrogen-bond acceptors (Lipinski definition) is 4. The van der Waals surface area contributed by atoms with E-state index in [1.807, 2.05) is 42.8 Å². The molecule has 3 rings (SSSR count). The van der Waals surface area contributed by atoms with Crippen LogP contribution < -0.4 is 5.32 Å². The zero-order valence-electron chi connectivity index (χ0n) is 13.9. The van der Waals surface area contributed by atoms with Crippen molar-refractivity contribution < 1.29 is 9.53 Å². The molecule has 5 nitrogen and oxygen atoms in total. The van der Waals surface area contributed by atoms with E-state index in [1.165, 1.54) is 0 Å². The summed E-state index contributed by atoms with van der Waals surface area (Å²) in [5.41, 5.74) is 2.00. The van der Waals surface area contributed by atoms with Crippen LogP contribution in [0, 0.1) is 5.92 Å². The Balaban J connectivity index is 1.48. The van der Waals surface area contributed by atoms with E-state index in [4.69, 9.17) is 4.74 Å². The van der Waals surface area contributed by atoms with Gasteiger partial charge < -0.3 is 15.0 Å². The van der Waals surface area contributed by atoms with E-state index >= 15 is 0 Å². The van der Waals surface area contributed by atoms with Crippen LogP contribution in [0.25, 0.3) is 10.6 Å². The molecule has 1 aromatic carbocycles. The summed E-state index contributed by atoms with van der Waals surface area (Å²) in [7, 11) is 1.85. The molecule has 0 spiro atoms. The van der Waals surface area contributed by atoms with Gasteiger partial charge in [0.25, 0.3) is 0 Å². The highest BCUT2D eigenvalue weighted by atomic mass is 32.1. The first kappa shape index (κ1) is 16.9. The van der Waals surface area contributed by atoms with Gasteiger partial charge in [0.05, 0.1) is 12.2 Å². The van der Waals surface area contributed by atoms with Crippen molar-refractivity contribution in [2.24, 2.45) is 5.92 Å². The number of amides is 2. The Labute approximate surface area is 146 Å². The average molecular weight is 345 g/mol. The van der Waals surface area contributed by atoms with Crippen LogP contribution >= 0.6 is 11.3 Å². The monoisotopic (exact) mass is 345 g/mol. The van der Waals surface area contributed by atoms with Gasteiger partial charge in [-0.1, -0.05) is 30.3 Å². The van der Waals surface area contributed by atoms with Crippen LogP contribution in [-0.4, -0.2) is 42.7 Å². The molecule has 0 atom stereocenters. The van der Waals surface area contributed by atoms with E-state index in [0.717, 1.165) is 48.9 Å². The van der Waals surface area contributed by atoms with E-state index < -0.39 is 0 Å². The number of rotatable bonds is 5. The topological polar surface area (TPSA) is 54.5 Å². The normalized spacial score (nSPS) is 15.2. The summed E-state index contributed by atoms with van der Waals surface area (Å²) in [5, 5.41) is 5.94. The highest BCUT2D eigenvalue weighted by Crippen LogP contribution is 2.23. The molecular weight excluding hydrogens is 322 g/mol. The number of hydrogen-bond donors (Lipinski definition) is 1. The maximum Gasteiger partial charge on any atom is 0.317 e. The molecule has 0 radical (unpaired) electrons. The van der Waals surface area contributed by atoms with Crippen LogP contribution in [0.15, 0.2) is 35.7 Å².